The van der Waals surface area contributed by atoms with Crippen LogP contribution in [0.25, 0.3) is 93.6 Å². The molecule has 0 unspecified atom stereocenters. The fourth-order valence-corrected chi connectivity index (χ4v) is 9.01. The van der Waals surface area contributed by atoms with Crippen LogP contribution in [0.2, 0.25) is 0 Å². The van der Waals surface area contributed by atoms with E-state index in [4.69, 9.17) is 0 Å². The summed E-state index contributed by atoms with van der Waals surface area (Å²) in [5.41, 5.74) is 11.7. The number of fused-ring (bicyclic) bond motifs is 9. The third kappa shape index (κ3) is 4.55. The lowest BCUT2D eigenvalue weighted by Gasteiger charge is -2.20. The molecule has 0 amide bonds. The molecule has 0 N–H and O–H groups in total. The van der Waals surface area contributed by atoms with E-state index in [-0.39, 0.29) is 0 Å². The molecule has 11 aromatic rings. The Morgan fingerprint density at radius 1 is 0.316 bits per heavy atom. The Labute approximate surface area is 326 Å². The van der Waals surface area contributed by atoms with Crippen LogP contribution in [-0.4, -0.2) is 13.7 Å². The molecule has 3 heterocycles. The minimum atomic E-state index is 0.492. The quantitative estimate of drug-likeness (QED) is 0.181. The van der Waals surface area contributed by atoms with E-state index in [2.05, 4.69) is 123 Å². The lowest BCUT2D eigenvalue weighted by atomic mass is 9.95. The normalized spacial score (nSPS) is 11.5. The van der Waals surface area contributed by atoms with Crippen molar-refractivity contribution in [3.8, 4) is 46.4 Å². The number of nitrogens with zero attached hydrogens (tertiary/aromatic N) is 6. The van der Waals surface area contributed by atoms with Crippen LogP contribution in [0.3, 0.4) is 0 Å². The summed E-state index contributed by atoms with van der Waals surface area (Å²) < 4.78 is 6.67. The lowest BCUT2D eigenvalue weighted by molar-refractivity contribution is 1.14. The molecule has 0 aliphatic carbocycles. The van der Waals surface area contributed by atoms with Crippen molar-refractivity contribution < 1.29 is 0 Å². The van der Waals surface area contributed by atoms with Crippen molar-refractivity contribution in [3.63, 3.8) is 0 Å². The lowest BCUT2D eigenvalue weighted by Crippen LogP contribution is -2.05. The van der Waals surface area contributed by atoms with Gasteiger partial charge in [-0.3, -0.25) is 0 Å². The molecule has 11 rings (SSSR count). The second-order valence-electron chi connectivity index (χ2n) is 14.2. The van der Waals surface area contributed by atoms with E-state index >= 15 is 0 Å². The third-order valence-corrected chi connectivity index (χ3v) is 11.3. The van der Waals surface area contributed by atoms with E-state index in [1.807, 2.05) is 78.9 Å². The molecule has 57 heavy (non-hydrogen) atoms. The van der Waals surface area contributed by atoms with Crippen LogP contribution in [-0.2, 0) is 0 Å². The standard InChI is InChI=1S/C51H28N6/c52-29-32-23-25-48-42(27-32)38-15-3-7-21-46(38)56(48)50-33(30-53)11-9-17-40(50)41-18-10-12-34(31-54)51(41)57-47-22-8-4-16-39(47)43-28-35(24-26-49(43)57)55-44-19-5-1-13-36(44)37-14-2-6-20-45(37)55/h1-28H. The van der Waals surface area contributed by atoms with E-state index < -0.39 is 0 Å². The van der Waals surface area contributed by atoms with Crippen LogP contribution in [0.5, 0.6) is 0 Å². The van der Waals surface area contributed by atoms with Gasteiger partial charge in [0.25, 0.3) is 0 Å². The van der Waals surface area contributed by atoms with Gasteiger partial charge in [-0.15, -0.1) is 0 Å². The molecule has 0 saturated heterocycles. The van der Waals surface area contributed by atoms with Gasteiger partial charge in [0.05, 0.1) is 67.2 Å². The Morgan fingerprint density at radius 3 is 1.19 bits per heavy atom. The van der Waals surface area contributed by atoms with Crippen LogP contribution in [0.15, 0.2) is 170 Å². The Morgan fingerprint density at radius 2 is 0.719 bits per heavy atom. The van der Waals surface area contributed by atoms with Crippen molar-refractivity contribution in [2.45, 2.75) is 0 Å². The molecule has 0 radical (unpaired) electrons. The van der Waals surface area contributed by atoms with E-state index in [0.29, 0.717) is 22.4 Å². The number of aromatic nitrogens is 3. The number of rotatable bonds is 4. The van der Waals surface area contributed by atoms with Gasteiger partial charge in [-0.2, -0.15) is 15.8 Å². The van der Waals surface area contributed by atoms with Gasteiger partial charge >= 0.3 is 0 Å². The molecule has 0 atom stereocenters. The monoisotopic (exact) mass is 724 g/mol. The SMILES string of the molecule is N#Cc1ccc2c(c1)c1ccccc1n2-c1c(C#N)cccc1-c1cccc(C#N)c1-n1c2ccccc2c2cc(-n3c4ccccc4c4ccccc43)ccc21. The van der Waals surface area contributed by atoms with Crippen LogP contribution in [0, 0.1) is 34.0 Å². The van der Waals surface area contributed by atoms with Gasteiger partial charge in [-0.05, 0) is 72.8 Å². The van der Waals surface area contributed by atoms with Crippen molar-refractivity contribution in [2.75, 3.05) is 0 Å². The summed E-state index contributed by atoms with van der Waals surface area (Å²) in [6.45, 7) is 0. The van der Waals surface area contributed by atoms with Gasteiger partial charge in [-0.1, -0.05) is 97.1 Å². The third-order valence-electron chi connectivity index (χ3n) is 11.3. The summed E-state index contributed by atoms with van der Waals surface area (Å²) in [6.07, 6.45) is 0. The summed E-state index contributed by atoms with van der Waals surface area (Å²) in [7, 11) is 0. The first-order valence-electron chi connectivity index (χ1n) is 18.7. The van der Waals surface area contributed by atoms with Crippen LogP contribution < -0.4 is 0 Å². The van der Waals surface area contributed by atoms with Crippen molar-refractivity contribution in [1.29, 1.82) is 15.8 Å². The van der Waals surface area contributed by atoms with E-state index in [1.165, 1.54) is 10.8 Å². The molecule has 0 saturated carbocycles. The summed E-state index contributed by atoms with van der Waals surface area (Å²) in [5.74, 6) is 0. The summed E-state index contributed by atoms with van der Waals surface area (Å²) in [6, 6.07) is 64.7. The van der Waals surface area contributed by atoms with Gasteiger partial charge in [-0.25, -0.2) is 0 Å². The highest BCUT2D eigenvalue weighted by molar-refractivity contribution is 6.14. The first-order valence-corrected chi connectivity index (χ1v) is 18.7. The minimum Gasteiger partial charge on any atom is -0.309 e. The average Bonchev–Trinajstić information content (AvgIpc) is 3.91. The van der Waals surface area contributed by atoms with E-state index in [0.717, 1.165) is 77.1 Å². The van der Waals surface area contributed by atoms with Crippen LogP contribution in [0.1, 0.15) is 16.7 Å². The number of hydrogen-bond donors (Lipinski definition) is 0. The van der Waals surface area contributed by atoms with Crippen LogP contribution in [0.4, 0.5) is 0 Å². The fourth-order valence-electron chi connectivity index (χ4n) is 9.01. The fraction of sp³-hybridized carbons (Fsp3) is 0. The van der Waals surface area contributed by atoms with Gasteiger partial charge in [0, 0.05) is 49.1 Å². The first kappa shape index (κ1) is 32.1. The van der Waals surface area contributed by atoms with E-state index in [1.54, 1.807) is 0 Å². The maximum atomic E-state index is 10.8. The predicted molar refractivity (Wildman–Crippen MR) is 229 cm³/mol. The molecule has 0 fully saturated rings. The molecular formula is C51H28N6. The minimum absolute atomic E-state index is 0.492. The van der Waals surface area contributed by atoms with Crippen molar-refractivity contribution in [1.82, 2.24) is 13.7 Å². The number of hydrogen-bond acceptors (Lipinski definition) is 3. The second-order valence-corrected chi connectivity index (χ2v) is 14.2. The van der Waals surface area contributed by atoms with Gasteiger partial charge < -0.3 is 13.7 Å². The van der Waals surface area contributed by atoms with E-state index in [9.17, 15) is 15.8 Å². The average molecular weight is 725 g/mol. The largest absolute Gasteiger partial charge is 0.309 e. The molecule has 0 aliphatic rings. The van der Waals surface area contributed by atoms with Gasteiger partial charge in [0.2, 0.25) is 0 Å². The molecule has 0 aliphatic heterocycles. The Hall–Kier alpha value is -8.37. The summed E-state index contributed by atoms with van der Waals surface area (Å²) >= 11 is 0. The molecule has 8 aromatic carbocycles. The molecule has 3 aromatic heterocycles. The maximum absolute atomic E-state index is 10.8. The van der Waals surface area contributed by atoms with Gasteiger partial charge in [0.15, 0.2) is 0 Å². The van der Waals surface area contributed by atoms with Crippen molar-refractivity contribution in [3.05, 3.63) is 187 Å². The predicted octanol–water partition coefficient (Wildman–Crippen LogP) is 12.3. The molecule has 262 valence electrons. The molecule has 6 nitrogen and oxygen atoms in total. The van der Waals surface area contributed by atoms with Crippen molar-refractivity contribution in [2.24, 2.45) is 0 Å². The molecule has 6 heteroatoms. The molecular weight excluding hydrogens is 697 g/mol. The Bertz CT molecular complexity index is 3580. The first-order chi connectivity index (χ1) is 28.2. The molecule has 0 spiro atoms. The second kappa shape index (κ2) is 12.3. The van der Waals surface area contributed by atoms with Crippen LogP contribution >= 0.6 is 0 Å². The zero-order valence-corrected chi connectivity index (χ0v) is 30.3. The highest BCUT2D eigenvalue weighted by Gasteiger charge is 2.24. The number of nitriles is 3. The van der Waals surface area contributed by atoms with Crippen molar-refractivity contribution >= 4 is 65.4 Å². The summed E-state index contributed by atoms with van der Waals surface area (Å²) in [4.78, 5) is 0. The molecule has 0 bridgehead atoms. The smallest absolute Gasteiger partial charge is 0.101 e. The topological polar surface area (TPSA) is 86.2 Å². The zero-order valence-electron chi connectivity index (χ0n) is 30.3. The number of para-hydroxylation sites is 6. The van der Waals surface area contributed by atoms with Gasteiger partial charge in [0.1, 0.15) is 12.1 Å². The number of benzene rings is 8. The maximum Gasteiger partial charge on any atom is 0.101 e. The zero-order chi connectivity index (χ0) is 38.2. The Balaban J connectivity index is 1.22. The Kier molecular flexibility index (Phi) is 6.95. The highest BCUT2D eigenvalue weighted by Crippen LogP contribution is 2.43. The summed E-state index contributed by atoms with van der Waals surface area (Å²) in [5, 5.41) is 37.8. The highest BCUT2D eigenvalue weighted by atomic mass is 15.0.